The molecular weight excluding hydrogens is 284 g/mol. The average Bonchev–Trinajstić information content (AvgIpc) is 2.37. The topological polar surface area (TPSA) is 63.4 Å². The van der Waals surface area contributed by atoms with Gasteiger partial charge in [0.1, 0.15) is 0 Å². The van der Waals surface area contributed by atoms with E-state index in [1.807, 2.05) is 38.1 Å². The summed E-state index contributed by atoms with van der Waals surface area (Å²) in [6, 6.07) is 12.1. The van der Waals surface area contributed by atoms with Gasteiger partial charge in [0.15, 0.2) is 0 Å². The largest absolute Gasteiger partial charge is 0.398 e. The Labute approximate surface area is 126 Å². The molecule has 0 aromatic heterocycles. The van der Waals surface area contributed by atoms with Gasteiger partial charge in [0.05, 0.1) is 15.5 Å². The Kier molecular flexibility index (Phi) is 4.34. The van der Waals surface area contributed by atoms with Crippen LogP contribution >= 0.6 is 0 Å². The fraction of sp³-hybridized carbons (Fsp3) is 0.250. The SMILES string of the molecule is Cc1ccc(S(=O)(=O)c2ccccc2CN(C)C)c(N)c1. The molecule has 0 fully saturated rings. The van der Waals surface area contributed by atoms with Gasteiger partial charge in [-0.1, -0.05) is 24.3 Å². The zero-order chi connectivity index (χ0) is 15.6. The van der Waals surface area contributed by atoms with E-state index in [-0.39, 0.29) is 10.6 Å². The van der Waals surface area contributed by atoms with Crippen molar-refractivity contribution in [2.75, 3.05) is 19.8 Å². The zero-order valence-corrected chi connectivity index (χ0v) is 13.3. The van der Waals surface area contributed by atoms with Gasteiger partial charge in [0, 0.05) is 6.54 Å². The molecule has 0 saturated heterocycles. The summed E-state index contributed by atoms with van der Waals surface area (Å²) in [4.78, 5) is 2.42. The Morgan fingerprint density at radius 3 is 2.33 bits per heavy atom. The van der Waals surface area contributed by atoms with Crippen LogP contribution in [0.3, 0.4) is 0 Å². The quantitative estimate of drug-likeness (QED) is 0.881. The monoisotopic (exact) mass is 304 g/mol. The fourth-order valence-electron chi connectivity index (χ4n) is 2.27. The van der Waals surface area contributed by atoms with E-state index >= 15 is 0 Å². The third-order valence-electron chi connectivity index (χ3n) is 3.20. The molecule has 0 bridgehead atoms. The Morgan fingerprint density at radius 2 is 1.71 bits per heavy atom. The molecule has 112 valence electrons. The Hall–Kier alpha value is -1.85. The molecular formula is C16H20N2O2S. The lowest BCUT2D eigenvalue weighted by molar-refractivity contribution is 0.398. The predicted octanol–water partition coefficient (Wildman–Crippen LogP) is 2.47. The van der Waals surface area contributed by atoms with E-state index in [2.05, 4.69) is 0 Å². The first-order valence-corrected chi connectivity index (χ1v) is 8.14. The van der Waals surface area contributed by atoms with Gasteiger partial charge in [-0.15, -0.1) is 0 Å². The summed E-state index contributed by atoms with van der Waals surface area (Å²) in [6.07, 6.45) is 0. The van der Waals surface area contributed by atoms with Crippen molar-refractivity contribution in [2.24, 2.45) is 0 Å². The number of aryl methyl sites for hydroxylation is 1. The van der Waals surface area contributed by atoms with Crippen LogP contribution in [0.15, 0.2) is 52.3 Å². The average molecular weight is 304 g/mol. The van der Waals surface area contributed by atoms with Crippen LogP contribution < -0.4 is 5.73 Å². The minimum absolute atomic E-state index is 0.166. The van der Waals surface area contributed by atoms with Crippen LogP contribution in [0.1, 0.15) is 11.1 Å². The highest BCUT2D eigenvalue weighted by atomic mass is 32.2. The molecule has 2 N–H and O–H groups in total. The summed E-state index contributed by atoms with van der Waals surface area (Å²) >= 11 is 0. The van der Waals surface area contributed by atoms with Gasteiger partial charge >= 0.3 is 0 Å². The number of anilines is 1. The molecule has 2 aromatic carbocycles. The van der Waals surface area contributed by atoms with Gasteiger partial charge in [0.2, 0.25) is 9.84 Å². The summed E-state index contributed by atoms with van der Waals surface area (Å²) in [7, 11) is 0.198. The van der Waals surface area contributed by atoms with Gasteiger partial charge in [-0.3, -0.25) is 0 Å². The number of benzene rings is 2. The number of sulfone groups is 1. The van der Waals surface area contributed by atoms with E-state index in [0.29, 0.717) is 11.4 Å². The molecule has 4 nitrogen and oxygen atoms in total. The lowest BCUT2D eigenvalue weighted by Crippen LogP contribution is -2.15. The molecule has 0 aliphatic rings. The molecule has 0 saturated carbocycles. The molecule has 0 spiro atoms. The number of nitrogen functional groups attached to an aromatic ring is 1. The van der Waals surface area contributed by atoms with Crippen molar-refractivity contribution in [1.29, 1.82) is 0 Å². The van der Waals surface area contributed by atoms with Crippen LogP contribution in [0.2, 0.25) is 0 Å². The van der Waals surface area contributed by atoms with Crippen LogP contribution in [0.5, 0.6) is 0 Å². The van der Waals surface area contributed by atoms with Crippen molar-refractivity contribution >= 4 is 15.5 Å². The first-order chi connectivity index (χ1) is 9.82. The first-order valence-electron chi connectivity index (χ1n) is 6.66. The number of rotatable bonds is 4. The second-order valence-corrected chi connectivity index (χ2v) is 7.28. The van der Waals surface area contributed by atoms with Crippen LogP contribution in [-0.4, -0.2) is 27.4 Å². The van der Waals surface area contributed by atoms with Crippen LogP contribution in [0.4, 0.5) is 5.69 Å². The summed E-state index contributed by atoms with van der Waals surface area (Å²) in [5.74, 6) is 0. The van der Waals surface area contributed by atoms with Gasteiger partial charge in [-0.2, -0.15) is 0 Å². The summed E-state index contributed by atoms with van der Waals surface area (Å²) in [5.41, 5.74) is 7.90. The smallest absolute Gasteiger partial charge is 0.208 e. The molecule has 2 aromatic rings. The van der Waals surface area contributed by atoms with Crippen LogP contribution in [-0.2, 0) is 16.4 Å². The predicted molar refractivity (Wildman–Crippen MR) is 84.9 cm³/mol. The minimum Gasteiger partial charge on any atom is -0.398 e. The molecule has 0 heterocycles. The van der Waals surface area contributed by atoms with Crippen molar-refractivity contribution < 1.29 is 8.42 Å². The number of hydrogen-bond acceptors (Lipinski definition) is 4. The Morgan fingerprint density at radius 1 is 1.05 bits per heavy atom. The first kappa shape index (κ1) is 15.5. The standard InChI is InChI=1S/C16H20N2O2S/c1-12-8-9-16(14(17)10-12)21(19,20)15-7-5-4-6-13(15)11-18(2)3/h4-10H,11,17H2,1-3H3. The third-order valence-corrected chi connectivity index (χ3v) is 5.13. The van der Waals surface area contributed by atoms with Gasteiger partial charge in [0.25, 0.3) is 0 Å². The second kappa shape index (κ2) is 5.87. The Balaban J connectivity index is 2.59. The second-order valence-electron chi connectivity index (χ2n) is 5.39. The number of nitrogens with zero attached hydrogens (tertiary/aromatic N) is 1. The summed E-state index contributed by atoms with van der Waals surface area (Å²) < 4.78 is 25.7. The Bertz CT molecular complexity index is 753. The summed E-state index contributed by atoms with van der Waals surface area (Å²) in [5, 5.41) is 0. The van der Waals surface area contributed by atoms with Gasteiger partial charge in [-0.05, 0) is 50.3 Å². The zero-order valence-electron chi connectivity index (χ0n) is 12.5. The molecule has 0 radical (unpaired) electrons. The van der Waals surface area contributed by atoms with E-state index < -0.39 is 9.84 Å². The summed E-state index contributed by atoms with van der Waals surface area (Å²) in [6.45, 7) is 2.44. The van der Waals surface area contributed by atoms with E-state index in [1.54, 1.807) is 30.3 Å². The minimum atomic E-state index is -3.61. The highest BCUT2D eigenvalue weighted by Gasteiger charge is 2.23. The van der Waals surface area contributed by atoms with E-state index in [1.165, 1.54) is 0 Å². The molecule has 0 aliphatic heterocycles. The van der Waals surface area contributed by atoms with Crippen molar-refractivity contribution in [3.05, 3.63) is 53.6 Å². The maximum Gasteiger partial charge on any atom is 0.208 e. The van der Waals surface area contributed by atoms with Crippen molar-refractivity contribution in [3.63, 3.8) is 0 Å². The van der Waals surface area contributed by atoms with Crippen LogP contribution in [0, 0.1) is 6.92 Å². The number of nitrogens with two attached hydrogens (primary N) is 1. The molecule has 0 unspecified atom stereocenters. The van der Waals surface area contributed by atoms with Crippen molar-refractivity contribution in [3.8, 4) is 0 Å². The van der Waals surface area contributed by atoms with E-state index in [9.17, 15) is 8.42 Å². The third kappa shape index (κ3) is 3.25. The fourth-order valence-corrected chi connectivity index (χ4v) is 3.86. The highest BCUT2D eigenvalue weighted by molar-refractivity contribution is 7.91. The van der Waals surface area contributed by atoms with Gasteiger partial charge in [-0.25, -0.2) is 8.42 Å². The number of hydrogen-bond donors (Lipinski definition) is 1. The normalized spacial score (nSPS) is 11.8. The van der Waals surface area contributed by atoms with Gasteiger partial charge < -0.3 is 10.6 Å². The highest BCUT2D eigenvalue weighted by Crippen LogP contribution is 2.29. The van der Waals surface area contributed by atoms with Crippen molar-refractivity contribution in [1.82, 2.24) is 4.90 Å². The van der Waals surface area contributed by atoms with Crippen molar-refractivity contribution in [2.45, 2.75) is 23.3 Å². The van der Waals surface area contributed by atoms with E-state index in [0.717, 1.165) is 11.1 Å². The lowest BCUT2D eigenvalue weighted by Gasteiger charge is -2.15. The molecule has 0 aliphatic carbocycles. The van der Waals surface area contributed by atoms with Crippen LogP contribution in [0.25, 0.3) is 0 Å². The maximum atomic E-state index is 12.9. The molecule has 5 heteroatoms. The molecule has 0 atom stereocenters. The molecule has 21 heavy (non-hydrogen) atoms. The maximum absolute atomic E-state index is 12.9. The molecule has 2 rings (SSSR count). The molecule has 0 amide bonds. The van der Waals surface area contributed by atoms with E-state index in [4.69, 9.17) is 5.73 Å². The lowest BCUT2D eigenvalue weighted by atomic mass is 10.2.